The average Bonchev–Trinajstić information content (AvgIpc) is 2.53. The molecule has 0 atom stereocenters. The summed E-state index contributed by atoms with van der Waals surface area (Å²) in [6.45, 7) is 0. The molecular weight excluding hydrogens is 340 g/mol. The molecule has 0 aliphatic heterocycles. The lowest BCUT2D eigenvalue weighted by Gasteiger charge is -2.06. The number of carbonyl (C=O) groups excluding carboxylic acids is 1. The van der Waals surface area contributed by atoms with Gasteiger partial charge in [0.2, 0.25) is 0 Å². The Morgan fingerprint density at radius 1 is 1.00 bits per heavy atom. The highest BCUT2D eigenvalue weighted by Crippen LogP contribution is 2.26. The van der Waals surface area contributed by atoms with Crippen LogP contribution in [-0.2, 0) is 0 Å². The maximum Gasteiger partial charge on any atom is 0.288 e. The van der Waals surface area contributed by atoms with E-state index < -0.39 is 32.8 Å². The van der Waals surface area contributed by atoms with E-state index in [1.165, 1.54) is 24.3 Å². The molecule has 0 heterocycles. The van der Waals surface area contributed by atoms with E-state index in [0.29, 0.717) is 0 Å². The first-order valence-electron chi connectivity index (χ1n) is 6.41. The molecule has 2 rings (SSSR count). The number of nitro benzene ring substituents is 2. The summed E-state index contributed by atoms with van der Waals surface area (Å²) in [6.07, 6.45) is 2.37. The molecular formula is C15H8ClN2O6-. The third kappa shape index (κ3) is 3.73. The van der Waals surface area contributed by atoms with Gasteiger partial charge in [0.1, 0.15) is 5.02 Å². The van der Waals surface area contributed by atoms with Crippen LogP contribution in [0.5, 0.6) is 5.75 Å². The molecule has 0 aromatic heterocycles. The number of ketones is 1. The Bertz CT molecular complexity index is 878. The lowest BCUT2D eigenvalue weighted by atomic mass is 10.1. The van der Waals surface area contributed by atoms with Gasteiger partial charge in [0.15, 0.2) is 5.78 Å². The highest BCUT2D eigenvalue weighted by atomic mass is 35.5. The molecule has 0 fully saturated rings. The molecule has 0 unspecified atom stereocenters. The van der Waals surface area contributed by atoms with Crippen LogP contribution in [0.2, 0.25) is 5.02 Å². The zero-order valence-electron chi connectivity index (χ0n) is 11.8. The zero-order chi connectivity index (χ0) is 17.9. The molecule has 2 aromatic rings. The number of nitro groups is 2. The fourth-order valence-electron chi connectivity index (χ4n) is 1.85. The lowest BCUT2D eigenvalue weighted by Crippen LogP contribution is -1.98. The van der Waals surface area contributed by atoms with Crippen molar-refractivity contribution in [1.82, 2.24) is 0 Å². The predicted octanol–water partition coefficient (Wildman–Crippen LogP) is 3.13. The van der Waals surface area contributed by atoms with E-state index in [0.717, 1.165) is 24.3 Å². The Morgan fingerprint density at radius 3 is 2.29 bits per heavy atom. The van der Waals surface area contributed by atoms with Crippen molar-refractivity contribution in [1.29, 1.82) is 0 Å². The van der Waals surface area contributed by atoms with Gasteiger partial charge in [-0.25, -0.2) is 0 Å². The Kier molecular flexibility index (Phi) is 4.90. The fourth-order valence-corrected chi connectivity index (χ4v) is 2.04. The Morgan fingerprint density at radius 2 is 1.67 bits per heavy atom. The topological polar surface area (TPSA) is 126 Å². The molecule has 0 radical (unpaired) electrons. The number of hydrogen-bond acceptors (Lipinski definition) is 6. The minimum Gasteiger partial charge on any atom is -0.868 e. The first-order chi connectivity index (χ1) is 11.3. The zero-order valence-corrected chi connectivity index (χ0v) is 12.6. The van der Waals surface area contributed by atoms with E-state index in [1.54, 1.807) is 0 Å². The van der Waals surface area contributed by atoms with Gasteiger partial charge in [-0.2, -0.15) is 0 Å². The van der Waals surface area contributed by atoms with Crippen molar-refractivity contribution in [3.63, 3.8) is 0 Å². The van der Waals surface area contributed by atoms with E-state index >= 15 is 0 Å². The van der Waals surface area contributed by atoms with Crippen LogP contribution in [0, 0.1) is 20.2 Å². The van der Waals surface area contributed by atoms with Gasteiger partial charge in [0.05, 0.1) is 9.85 Å². The highest BCUT2D eigenvalue weighted by Gasteiger charge is 2.15. The van der Waals surface area contributed by atoms with Crippen LogP contribution in [0.3, 0.4) is 0 Å². The van der Waals surface area contributed by atoms with Gasteiger partial charge in [-0.05, 0) is 29.5 Å². The van der Waals surface area contributed by atoms with Gasteiger partial charge < -0.3 is 5.11 Å². The third-order valence-corrected chi connectivity index (χ3v) is 3.35. The molecule has 0 saturated carbocycles. The maximum absolute atomic E-state index is 12.0. The molecule has 0 N–H and O–H groups in total. The Balaban J connectivity index is 2.28. The molecule has 0 aliphatic rings. The van der Waals surface area contributed by atoms with Crippen molar-refractivity contribution in [2.24, 2.45) is 0 Å². The van der Waals surface area contributed by atoms with Crippen molar-refractivity contribution in [2.75, 3.05) is 0 Å². The molecule has 2 aromatic carbocycles. The van der Waals surface area contributed by atoms with Gasteiger partial charge in [0.25, 0.3) is 11.4 Å². The first kappa shape index (κ1) is 17.1. The van der Waals surface area contributed by atoms with Gasteiger partial charge in [-0.15, -0.1) is 0 Å². The minimum atomic E-state index is -0.815. The number of nitrogens with zero attached hydrogens (tertiary/aromatic N) is 2. The summed E-state index contributed by atoms with van der Waals surface area (Å²) in [5.74, 6) is -1.29. The third-order valence-electron chi connectivity index (χ3n) is 3.03. The number of benzene rings is 2. The average molecular weight is 348 g/mol. The number of rotatable bonds is 5. The van der Waals surface area contributed by atoms with Crippen LogP contribution < -0.4 is 5.11 Å². The minimum absolute atomic E-state index is 0.0392. The van der Waals surface area contributed by atoms with Crippen molar-refractivity contribution < 1.29 is 19.7 Å². The lowest BCUT2D eigenvalue weighted by molar-refractivity contribution is -0.398. The molecule has 0 bridgehead atoms. The van der Waals surface area contributed by atoms with Crippen LogP contribution in [0.1, 0.15) is 15.9 Å². The second kappa shape index (κ2) is 6.88. The summed E-state index contributed by atoms with van der Waals surface area (Å²) in [5.41, 5.74) is -0.690. The molecule has 0 saturated heterocycles. The second-order valence-electron chi connectivity index (χ2n) is 4.61. The number of halogens is 1. The summed E-state index contributed by atoms with van der Waals surface area (Å²) in [4.78, 5) is 32.0. The predicted molar refractivity (Wildman–Crippen MR) is 84.0 cm³/mol. The fraction of sp³-hybridized carbons (Fsp3) is 0. The summed E-state index contributed by atoms with van der Waals surface area (Å²) in [5, 5.41) is 32.7. The van der Waals surface area contributed by atoms with Crippen LogP contribution in [0.25, 0.3) is 6.08 Å². The largest absolute Gasteiger partial charge is 0.868 e. The summed E-state index contributed by atoms with van der Waals surface area (Å²) in [6, 6.07) is 6.98. The molecule has 0 spiro atoms. The molecule has 8 nitrogen and oxygen atoms in total. The standard InChI is InChI=1S/C15H9ClN2O6/c16-11-4-3-10(8-12(11)17(21)22)14(19)5-1-9-2-6-15(20)13(7-9)18(23)24/h1-8,20H/p-1/b5-1+. The van der Waals surface area contributed by atoms with Crippen molar-refractivity contribution in [3.05, 3.63) is 78.9 Å². The molecule has 122 valence electrons. The van der Waals surface area contributed by atoms with Crippen LogP contribution in [-0.4, -0.2) is 15.6 Å². The van der Waals surface area contributed by atoms with Crippen LogP contribution in [0.4, 0.5) is 11.4 Å². The van der Waals surface area contributed by atoms with E-state index in [1.807, 2.05) is 0 Å². The summed E-state index contributed by atoms with van der Waals surface area (Å²) in [7, 11) is 0. The van der Waals surface area contributed by atoms with Crippen LogP contribution >= 0.6 is 11.6 Å². The van der Waals surface area contributed by atoms with Crippen molar-refractivity contribution in [2.45, 2.75) is 0 Å². The molecule has 0 amide bonds. The van der Waals surface area contributed by atoms with E-state index in [9.17, 15) is 30.1 Å². The Hall–Kier alpha value is -3.26. The SMILES string of the molecule is O=C(/C=C/c1ccc([O-])c([N+](=O)[O-])c1)c1ccc(Cl)c([N+](=O)[O-])c1. The first-order valence-corrected chi connectivity index (χ1v) is 6.79. The van der Waals surface area contributed by atoms with Crippen molar-refractivity contribution >= 4 is 34.8 Å². The summed E-state index contributed by atoms with van der Waals surface area (Å²) >= 11 is 5.67. The van der Waals surface area contributed by atoms with Gasteiger partial charge in [-0.1, -0.05) is 29.8 Å². The van der Waals surface area contributed by atoms with Gasteiger partial charge in [-0.3, -0.25) is 25.0 Å². The van der Waals surface area contributed by atoms with E-state index in [4.69, 9.17) is 11.6 Å². The highest BCUT2D eigenvalue weighted by molar-refractivity contribution is 6.32. The molecule has 9 heteroatoms. The monoisotopic (exact) mass is 347 g/mol. The normalized spacial score (nSPS) is 10.7. The Labute approximate surface area is 139 Å². The second-order valence-corrected chi connectivity index (χ2v) is 5.01. The van der Waals surface area contributed by atoms with E-state index in [-0.39, 0.29) is 16.1 Å². The maximum atomic E-state index is 12.0. The number of hydrogen-bond donors (Lipinski definition) is 0. The van der Waals surface area contributed by atoms with Gasteiger partial charge >= 0.3 is 0 Å². The molecule has 0 aliphatic carbocycles. The molecule has 24 heavy (non-hydrogen) atoms. The quantitative estimate of drug-likeness (QED) is 0.354. The summed E-state index contributed by atoms with van der Waals surface area (Å²) < 4.78 is 0. The van der Waals surface area contributed by atoms with E-state index in [2.05, 4.69) is 0 Å². The smallest absolute Gasteiger partial charge is 0.288 e. The number of carbonyl (C=O) groups is 1. The van der Waals surface area contributed by atoms with Gasteiger partial charge in [0, 0.05) is 17.7 Å². The van der Waals surface area contributed by atoms with Crippen molar-refractivity contribution in [3.8, 4) is 5.75 Å². The van der Waals surface area contributed by atoms with Crippen LogP contribution in [0.15, 0.2) is 42.5 Å². The number of allylic oxidation sites excluding steroid dienone is 1.